The molecular weight excluding hydrogens is 244 g/mol. The van der Waals surface area contributed by atoms with Gasteiger partial charge in [0, 0.05) is 18.0 Å². The Bertz CT molecular complexity index is 629. The predicted molar refractivity (Wildman–Crippen MR) is 72.8 cm³/mol. The second kappa shape index (κ2) is 4.88. The Morgan fingerprint density at radius 1 is 1.44 bits per heavy atom. The summed E-state index contributed by atoms with van der Waals surface area (Å²) in [4.78, 5) is 4.18. The number of nitrogens with zero attached hydrogens (tertiary/aromatic N) is 3. The van der Waals surface area contributed by atoms with Gasteiger partial charge >= 0.3 is 0 Å². The van der Waals surface area contributed by atoms with E-state index in [0.29, 0.717) is 0 Å². The molecule has 1 N–H and O–H groups in total. The van der Waals surface area contributed by atoms with Crippen molar-refractivity contribution in [3.05, 3.63) is 52.7 Å². The minimum atomic E-state index is 0.183. The molecule has 0 aliphatic rings. The quantitative estimate of drug-likeness (QED) is 0.781. The molecule has 0 bridgehead atoms. The summed E-state index contributed by atoms with van der Waals surface area (Å²) in [6, 6.07) is 2.33. The Kier molecular flexibility index (Phi) is 3.08. The van der Waals surface area contributed by atoms with Crippen LogP contribution in [0.5, 0.6) is 0 Å². The summed E-state index contributed by atoms with van der Waals surface area (Å²) >= 11 is 1.71. The minimum absolute atomic E-state index is 0.183. The predicted octanol–water partition coefficient (Wildman–Crippen LogP) is 2.49. The number of hydrogen-bond acceptors (Lipinski definition) is 4. The largest absolute Gasteiger partial charge is 0.306 e. The van der Waals surface area contributed by atoms with Crippen LogP contribution in [0.1, 0.15) is 24.1 Å². The van der Waals surface area contributed by atoms with Gasteiger partial charge in [-0.1, -0.05) is 6.92 Å². The van der Waals surface area contributed by atoms with Gasteiger partial charge in [-0.2, -0.15) is 16.4 Å². The van der Waals surface area contributed by atoms with Crippen LogP contribution in [0.2, 0.25) is 0 Å². The van der Waals surface area contributed by atoms with E-state index in [0.717, 1.165) is 12.1 Å². The molecule has 0 saturated carbocycles. The van der Waals surface area contributed by atoms with Crippen molar-refractivity contribution >= 4 is 16.9 Å². The average molecular weight is 258 g/mol. The van der Waals surface area contributed by atoms with Gasteiger partial charge in [0.05, 0.1) is 24.0 Å². The van der Waals surface area contributed by atoms with Crippen molar-refractivity contribution in [2.75, 3.05) is 6.54 Å². The smallest absolute Gasteiger partial charge is 0.0896 e. The molecule has 0 aliphatic carbocycles. The molecule has 3 heterocycles. The van der Waals surface area contributed by atoms with Crippen molar-refractivity contribution in [2.24, 2.45) is 0 Å². The second-order valence-electron chi connectivity index (χ2n) is 4.05. The monoisotopic (exact) mass is 258 g/mol. The van der Waals surface area contributed by atoms with Crippen molar-refractivity contribution in [3.63, 3.8) is 0 Å². The van der Waals surface area contributed by atoms with E-state index in [1.54, 1.807) is 17.5 Å². The van der Waals surface area contributed by atoms with Crippen LogP contribution in [-0.2, 0) is 0 Å². The number of rotatable bonds is 4. The lowest BCUT2D eigenvalue weighted by Crippen LogP contribution is -2.21. The Morgan fingerprint density at radius 3 is 3.17 bits per heavy atom. The van der Waals surface area contributed by atoms with Crippen molar-refractivity contribution < 1.29 is 0 Å². The van der Waals surface area contributed by atoms with E-state index in [9.17, 15) is 0 Å². The van der Waals surface area contributed by atoms with Crippen molar-refractivity contribution in [3.8, 4) is 0 Å². The molecule has 0 saturated heterocycles. The van der Waals surface area contributed by atoms with Gasteiger partial charge in [-0.3, -0.25) is 4.98 Å². The maximum atomic E-state index is 4.37. The van der Waals surface area contributed by atoms with Gasteiger partial charge in [-0.25, -0.2) is 4.52 Å². The number of aromatic nitrogens is 3. The molecule has 5 heteroatoms. The van der Waals surface area contributed by atoms with Gasteiger partial charge in [-0.05, 0) is 28.9 Å². The van der Waals surface area contributed by atoms with Crippen LogP contribution in [0.3, 0.4) is 0 Å². The van der Waals surface area contributed by atoms with E-state index in [1.807, 2.05) is 23.1 Å². The third kappa shape index (κ3) is 1.91. The lowest BCUT2D eigenvalue weighted by molar-refractivity contribution is 0.636. The average Bonchev–Trinajstić information content (AvgIpc) is 3.06. The fourth-order valence-corrected chi connectivity index (χ4v) is 2.81. The van der Waals surface area contributed by atoms with E-state index in [2.05, 4.69) is 39.1 Å². The van der Waals surface area contributed by atoms with Crippen LogP contribution in [0, 0.1) is 0 Å². The number of hydrogen-bond donors (Lipinski definition) is 1. The summed E-state index contributed by atoms with van der Waals surface area (Å²) in [7, 11) is 0. The first kappa shape index (κ1) is 11.4. The summed E-state index contributed by atoms with van der Waals surface area (Å²) < 4.78 is 1.86. The SMILES string of the molecule is CCNC(c1ccsc1)c1cnn2ccncc12. The Labute approximate surface area is 109 Å². The minimum Gasteiger partial charge on any atom is -0.306 e. The van der Waals surface area contributed by atoms with Crippen molar-refractivity contribution in [2.45, 2.75) is 13.0 Å². The van der Waals surface area contributed by atoms with Crippen molar-refractivity contribution in [1.29, 1.82) is 0 Å². The topological polar surface area (TPSA) is 42.2 Å². The van der Waals surface area contributed by atoms with E-state index in [-0.39, 0.29) is 6.04 Å². The number of fused-ring (bicyclic) bond motifs is 1. The van der Waals surface area contributed by atoms with E-state index >= 15 is 0 Å². The Hall–Kier alpha value is -1.72. The first-order chi connectivity index (χ1) is 8.90. The van der Waals surface area contributed by atoms with Crippen LogP contribution in [0.15, 0.2) is 41.6 Å². The summed E-state index contributed by atoms with van der Waals surface area (Å²) in [5, 5.41) is 12.2. The highest BCUT2D eigenvalue weighted by Crippen LogP contribution is 2.26. The summed E-state index contributed by atoms with van der Waals surface area (Å²) in [5.74, 6) is 0. The van der Waals surface area contributed by atoms with E-state index in [4.69, 9.17) is 0 Å². The Balaban J connectivity index is 2.10. The molecule has 4 nitrogen and oxygen atoms in total. The molecule has 3 aromatic heterocycles. The fourth-order valence-electron chi connectivity index (χ4n) is 2.13. The summed E-state index contributed by atoms with van der Waals surface area (Å²) in [5.41, 5.74) is 3.50. The third-order valence-electron chi connectivity index (χ3n) is 2.95. The molecule has 92 valence electrons. The lowest BCUT2D eigenvalue weighted by Gasteiger charge is -2.15. The standard InChI is InChI=1S/C13H14N4S/c1-2-15-13(10-3-6-18-9-10)11-7-16-17-5-4-14-8-12(11)17/h3-9,13,15H,2H2,1H3. The van der Waals surface area contributed by atoms with E-state index in [1.165, 1.54) is 11.1 Å². The highest BCUT2D eigenvalue weighted by molar-refractivity contribution is 7.08. The number of nitrogens with one attached hydrogen (secondary N) is 1. The van der Waals surface area contributed by atoms with Gasteiger partial charge in [0.25, 0.3) is 0 Å². The van der Waals surface area contributed by atoms with Gasteiger partial charge in [0.15, 0.2) is 0 Å². The van der Waals surface area contributed by atoms with Crippen LogP contribution in [0.25, 0.3) is 5.52 Å². The molecule has 3 aromatic rings. The molecule has 18 heavy (non-hydrogen) atoms. The molecule has 0 radical (unpaired) electrons. The Morgan fingerprint density at radius 2 is 2.39 bits per heavy atom. The van der Waals surface area contributed by atoms with Gasteiger partial charge in [-0.15, -0.1) is 0 Å². The van der Waals surface area contributed by atoms with E-state index < -0.39 is 0 Å². The molecule has 0 fully saturated rings. The second-order valence-corrected chi connectivity index (χ2v) is 4.83. The van der Waals surface area contributed by atoms with Gasteiger partial charge in [0.2, 0.25) is 0 Å². The van der Waals surface area contributed by atoms with Gasteiger partial charge < -0.3 is 5.32 Å². The third-order valence-corrected chi connectivity index (χ3v) is 3.65. The summed E-state index contributed by atoms with van der Waals surface area (Å²) in [6.45, 7) is 3.03. The fraction of sp³-hybridized carbons (Fsp3) is 0.231. The maximum Gasteiger partial charge on any atom is 0.0896 e. The van der Waals surface area contributed by atoms with Crippen LogP contribution >= 0.6 is 11.3 Å². The van der Waals surface area contributed by atoms with Crippen LogP contribution < -0.4 is 5.32 Å². The first-order valence-corrected chi connectivity index (χ1v) is 6.87. The molecule has 1 unspecified atom stereocenters. The molecule has 0 aliphatic heterocycles. The molecular formula is C13H14N4S. The zero-order chi connectivity index (χ0) is 12.4. The maximum absolute atomic E-state index is 4.37. The highest BCUT2D eigenvalue weighted by Gasteiger charge is 2.17. The normalized spacial score (nSPS) is 12.9. The highest BCUT2D eigenvalue weighted by atomic mass is 32.1. The van der Waals surface area contributed by atoms with Gasteiger partial charge in [0.1, 0.15) is 0 Å². The van der Waals surface area contributed by atoms with Crippen LogP contribution in [-0.4, -0.2) is 21.1 Å². The van der Waals surface area contributed by atoms with Crippen LogP contribution in [0.4, 0.5) is 0 Å². The zero-order valence-corrected chi connectivity index (χ0v) is 10.9. The molecule has 3 rings (SSSR count). The molecule has 0 aromatic carbocycles. The molecule has 0 spiro atoms. The lowest BCUT2D eigenvalue weighted by atomic mass is 10.0. The first-order valence-electron chi connectivity index (χ1n) is 5.93. The number of thiophene rings is 1. The zero-order valence-electron chi connectivity index (χ0n) is 10.1. The molecule has 0 amide bonds. The molecule has 1 atom stereocenters. The van der Waals surface area contributed by atoms with Crippen molar-refractivity contribution in [1.82, 2.24) is 19.9 Å². The summed E-state index contributed by atoms with van der Waals surface area (Å²) in [6.07, 6.45) is 7.40.